The van der Waals surface area contributed by atoms with Crippen LogP contribution in [-0.2, 0) is 16.6 Å². The first kappa shape index (κ1) is 22.5. The first-order valence-electron chi connectivity index (χ1n) is 9.73. The minimum absolute atomic E-state index is 0.0473. The number of hydrogen-bond donors (Lipinski definition) is 1. The number of para-hydroxylation sites is 1. The summed E-state index contributed by atoms with van der Waals surface area (Å²) in [4.78, 5) is 48.7. The van der Waals surface area contributed by atoms with Crippen molar-refractivity contribution in [3.8, 4) is 5.69 Å². The quantitative estimate of drug-likeness (QED) is 0.358. The summed E-state index contributed by atoms with van der Waals surface area (Å²) < 4.78 is 8.17. The highest BCUT2D eigenvalue weighted by Crippen LogP contribution is 2.23. The van der Waals surface area contributed by atoms with Gasteiger partial charge in [0.1, 0.15) is 11.3 Å². The number of carbonyl (C=O) groups excluding carboxylic acids is 2. The van der Waals surface area contributed by atoms with Gasteiger partial charge < -0.3 is 10.1 Å². The molecule has 0 saturated heterocycles. The van der Waals surface area contributed by atoms with Crippen LogP contribution in [0.5, 0.6) is 0 Å². The topological polar surface area (TPSA) is 125 Å². The number of nitrogens with zero attached hydrogens (tertiary/aromatic N) is 3. The van der Waals surface area contributed by atoms with Crippen molar-refractivity contribution in [2.45, 2.75) is 26.9 Å². The van der Waals surface area contributed by atoms with Crippen molar-refractivity contribution in [3.63, 3.8) is 0 Å². The number of nitrogens with one attached hydrogen (secondary N) is 1. The Morgan fingerprint density at radius 3 is 2.38 bits per heavy atom. The van der Waals surface area contributed by atoms with E-state index < -0.39 is 34.2 Å². The Balaban J connectivity index is 1.83. The van der Waals surface area contributed by atoms with Gasteiger partial charge in [-0.25, -0.2) is 9.48 Å². The molecular formula is C22H22N4O6. The number of amides is 1. The molecule has 1 atom stereocenters. The summed E-state index contributed by atoms with van der Waals surface area (Å²) in [6.45, 7) is 4.53. The lowest BCUT2D eigenvalue weighted by molar-refractivity contribution is -0.385. The van der Waals surface area contributed by atoms with E-state index in [1.165, 1.54) is 36.7 Å². The lowest BCUT2D eigenvalue weighted by atomic mass is 10.1. The fourth-order valence-corrected chi connectivity index (χ4v) is 3.28. The van der Waals surface area contributed by atoms with E-state index in [1.54, 1.807) is 42.9 Å². The first-order chi connectivity index (χ1) is 15.1. The minimum atomic E-state index is -1.30. The van der Waals surface area contributed by atoms with Gasteiger partial charge >= 0.3 is 5.97 Å². The third kappa shape index (κ3) is 4.15. The lowest BCUT2D eigenvalue weighted by Crippen LogP contribution is -2.32. The van der Waals surface area contributed by atoms with Gasteiger partial charge in [0, 0.05) is 13.1 Å². The Labute approximate surface area is 183 Å². The number of rotatable bonds is 6. The zero-order valence-electron chi connectivity index (χ0n) is 18.0. The van der Waals surface area contributed by atoms with Gasteiger partial charge in [-0.15, -0.1) is 0 Å². The predicted molar refractivity (Wildman–Crippen MR) is 117 cm³/mol. The van der Waals surface area contributed by atoms with Crippen molar-refractivity contribution in [2.75, 3.05) is 5.32 Å². The van der Waals surface area contributed by atoms with Crippen LogP contribution in [0.1, 0.15) is 28.5 Å². The second-order valence-corrected chi connectivity index (χ2v) is 7.20. The molecule has 0 radical (unpaired) electrons. The molecule has 166 valence electrons. The standard InChI is InChI=1S/C22H22N4O6/c1-13-9-8-12-17(26(30)31)18(13)22(29)32-15(3)20(27)23-19-14(2)24(4)25(21(19)28)16-10-6-5-7-11-16/h5-12,15H,1-4H3,(H,23,27). The molecule has 1 aromatic heterocycles. The summed E-state index contributed by atoms with van der Waals surface area (Å²) in [6.07, 6.45) is -1.30. The maximum atomic E-state index is 12.9. The Bertz CT molecular complexity index is 1260. The van der Waals surface area contributed by atoms with Gasteiger partial charge in [0.2, 0.25) is 0 Å². The number of nitro groups is 1. The van der Waals surface area contributed by atoms with E-state index in [4.69, 9.17) is 4.74 Å². The Hall–Kier alpha value is -4.21. The number of benzene rings is 2. The highest BCUT2D eigenvalue weighted by molar-refractivity contribution is 5.99. The van der Waals surface area contributed by atoms with Gasteiger partial charge in [0.15, 0.2) is 6.10 Å². The molecule has 0 fully saturated rings. The molecule has 1 amide bonds. The molecule has 10 heteroatoms. The van der Waals surface area contributed by atoms with Crippen LogP contribution in [-0.4, -0.2) is 32.3 Å². The van der Waals surface area contributed by atoms with E-state index in [1.807, 2.05) is 6.07 Å². The number of esters is 1. The van der Waals surface area contributed by atoms with E-state index >= 15 is 0 Å². The van der Waals surface area contributed by atoms with Crippen LogP contribution in [0.3, 0.4) is 0 Å². The lowest BCUT2D eigenvalue weighted by Gasteiger charge is -2.14. The van der Waals surface area contributed by atoms with E-state index in [0.29, 0.717) is 16.9 Å². The molecule has 1 N–H and O–H groups in total. The van der Waals surface area contributed by atoms with Crippen molar-refractivity contribution in [1.82, 2.24) is 9.36 Å². The summed E-state index contributed by atoms with van der Waals surface area (Å²) in [6, 6.07) is 13.1. The number of aromatic nitrogens is 2. The molecule has 1 heterocycles. The Kier molecular flexibility index (Phi) is 6.24. The zero-order valence-corrected chi connectivity index (χ0v) is 18.0. The van der Waals surface area contributed by atoms with Gasteiger partial charge in [-0.05, 0) is 38.5 Å². The van der Waals surface area contributed by atoms with Crippen LogP contribution in [0.25, 0.3) is 5.69 Å². The molecule has 1 unspecified atom stereocenters. The number of nitro benzene ring substituents is 1. The van der Waals surface area contributed by atoms with Crippen molar-refractivity contribution in [3.05, 3.63) is 85.8 Å². The fourth-order valence-electron chi connectivity index (χ4n) is 3.28. The van der Waals surface area contributed by atoms with Gasteiger partial charge in [-0.2, -0.15) is 0 Å². The number of hydrogen-bond acceptors (Lipinski definition) is 6. The second-order valence-electron chi connectivity index (χ2n) is 7.20. The molecule has 3 aromatic rings. The number of ether oxygens (including phenoxy) is 1. The van der Waals surface area contributed by atoms with Crippen LogP contribution < -0.4 is 10.9 Å². The third-order valence-electron chi connectivity index (χ3n) is 5.11. The molecule has 0 saturated carbocycles. The normalized spacial score (nSPS) is 11.6. The summed E-state index contributed by atoms with van der Waals surface area (Å²) in [5, 5.41) is 13.8. The Morgan fingerprint density at radius 1 is 1.09 bits per heavy atom. The van der Waals surface area contributed by atoms with E-state index in [0.717, 1.165) is 0 Å². The average Bonchev–Trinajstić information content (AvgIpc) is 2.96. The monoisotopic (exact) mass is 438 g/mol. The third-order valence-corrected chi connectivity index (χ3v) is 5.11. The number of anilines is 1. The Morgan fingerprint density at radius 2 is 1.75 bits per heavy atom. The van der Waals surface area contributed by atoms with E-state index in [2.05, 4.69) is 5.32 Å². The molecule has 0 aliphatic carbocycles. The summed E-state index contributed by atoms with van der Waals surface area (Å²) >= 11 is 0. The second kappa shape index (κ2) is 8.88. The molecule has 0 spiro atoms. The van der Waals surface area contributed by atoms with Gasteiger partial charge in [0.05, 0.1) is 16.3 Å². The van der Waals surface area contributed by atoms with Gasteiger partial charge in [-0.1, -0.05) is 30.3 Å². The highest BCUT2D eigenvalue weighted by atomic mass is 16.6. The van der Waals surface area contributed by atoms with E-state index in [9.17, 15) is 24.5 Å². The molecule has 0 aliphatic rings. The van der Waals surface area contributed by atoms with Crippen LogP contribution in [0.15, 0.2) is 53.3 Å². The van der Waals surface area contributed by atoms with Crippen LogP contribution in [0, 0.1) is 24.0 Å². The summed E-state index contributed by atoms with van der Waals surface area (Å²) in [5.74, 6) is -1.73. The van der Waals surface area contributed by atoms with E-state index in [-0.39, 0.29) is 11.3 Å². The van der Waals surface area contributed by atoms with Crippen LogP contribution >= 0.6 is 0 Å². The largest absolute Gasteiger partial charge is 0.449 e. The van der Waals surface area contributed by atoms with Crippen molar-refractivity contribution in [1.29, 1.82) is 0 Å². The van der Waals surface area contributed by atoms with Gasteiger partial charge in [0.25, 0.3) is 17.2 Å². The molecule has 0 bridgehead atoms. The van der Waals surface area contributed by atoms with Crippen LogP contribution in [0.4, 0.5) is 11.4 Å². The summed E-state index contributed by atoms with van der Waals surface area (Å²) in [5.41, 5.74) is 0.437. The number of carbonyl (C=O) groups is 2. The molecule has 0 aliphatic heterocycles. The van der Waals surface area contributed by atoms with Crippen molar-refractivity contribution in [2.24, 2.45) is 7.05 Å². The molecule has 2 aromatic carbocycles. The zero-order chi connectivity index (χ0) is 23.6. The predicted octanol–water partition coefficient (Wildman–Crippen LogP) is 2.89. The molecule has 3 rings (SSSR count). The molecule has 32 heavy (non-hydrogen) atoms. The average molecular weight is 438 g/mol. The SMILES string of the molecule is Cc1cccc([N+](=O)[O-])c1C(=O)OC(C)C(=O)Nc1c(C)n(C)n(-c2ccccc2)c1=O. The minimum Gasteiger partial charge on any atom is -0.449 e. The smallest absolute Gasteiger partial charge is 0.346 e. The highest BCUT2D eigenvalue weighted by Gasteiger charge is 2.28. The first-order valence-corrected chi connectivity index (χ1v) is 9.73. The van der Waals surface area contributed by atoms with Crippen LogP contribution in [0.2, 0.25) is 0 Å². The fraction of sp³-hybridized carbons (Fsp3) is 0.227. The molecular weight excluding hydrogens is 416 g/mol. The van der Waals surface area contributed by atoms with Crippen molar-refractivity contribution >= 4 is 23.3 Å². The van der Waals surface area contributed by atoms with Crippen molar-refractivity contribution < 1.29 is 19.2 Å². The number of aryl methyl sites for hydroxylation is 1. The van der Waals surface area contributed by atoms with Gasteiger partial charge in [-0.3, -0.25) is 24.4 Å². The maximum absolute atomic E-state index is 12.9. The summed E-state index contributed by atoms with van der Waals surface area (Å²) in [7, 11) is 1.68. The maximum Gasteiger partial charge on any atom is 0.346 e. The molecule has 10 nitrogen and oxygen atoms in total.